The molecule has 0 aliphatic rings. The summed E-state index contributed by atoms with van der Waals surface area (Å²) in [5.74, 6) is -1.57. The molecule has 130 valence electrons. The van der Waals surface area contributed by atoms with Crippen molar-refractivity contribution in [3.63, 3.8) is 0 Å². The summed E-state index contributed by atoms with van der Waals surface area (Å²) in [5, 5.41) is 12.8. The molecule has 7 nitrogen and oxygen atoms in total. The van der Waals surface area contributed by atoms with Crippen LogP contribution in [0.25, 0.3) is 10.9 Å². The van der Waals surface area contributed by atoms with Crippen LogP contribution in [0, 0.1) is 0 Å². The standard InChI is InChI=1S/C16H19BrN2O5/c1-23-5-6-24-9-14(20)19-13(16(21)22)7-10-8-18-12-4-2-3-11(17)15(10)12/h2-4,8,13,18H,5-7,9H2,1H3,(H,19,20)(H,21,22). The average Bonchev–Trinajstić information content (AvgIpc) is 2.95. The number of hydrogen-bond donors (Lipinski definition) is 3. The minimum absolute atomic E-state index is 0.168. The first-order valence-corrected chi connectivity index (χ1v) is 8.15. The molecule has 0 spiro atoms. The van der Waals surface area contributed by atoms with Gasteiger partial charge >= 0.3 is 5.97 Å². The van der Waals surface area contributed by atoms with E-state index in [1.807, 2.05) is 18.2 Å². The number of amides is 1. The zero-order chi connectivity index (χ0) is 17.5. The van der Waals surface area contributed by atoms with E-state index >= 15 is 0 Å². The molecule has 24 heavy (non-hydrogen) atoms. The minimum atomic E-state index is -1.10. The molecular weight excluding hydrogens is 380 g/mol. The first-order valence-electron chi connectivity index (χ1n) is 7.36. The predicted octanol–water partition coefficient (Wildman–Crippen LogP) is 1.71. The lowest BCUT2D eigenvalue weighted by molar-refractivity contribution is -0.142. The van der Waals surface area contributed by atoms with E-state index in [1.165, 1.54) is 7.11 Å². The number of methoxy groups -OCH3 is 1. The SMILES string of the molecule is COCCOCC(=O)NC(Cc1c[nH]c2cccc(Br)c12)C(=O)O. The highest BCUT2D eigenvalue weighted by Gasteiger charge is 2.22. The van der Waals surface area contributed by atoms with Gasteiger partial charge in [-0.3, -0.25) is 4.79 Å². The summed E-state index contributed by atoms with van der Waals surface area (Å²) in [6.07, 6.45) is 1.92. The fraction of sp³-hybridized carbons (Fsp3) is 0.375. The van der Waals surface area contributed by atoms with Crippen LogP contribution in [0.4, 0.5) is 0 Å². The molecule has 1 aromatic carbocycles. The lowest BCUT2D eigenvalue weighted by Crippen LogP contribution is -2.44. The third-order valence-electron chi connectivity index (χ3n) is 3.46. The Balaban J connectivity index is 2.03. The number of halogens is 1. The molecule has 0 radical (unpaired) electrons. The van der Waals surface area contributed by atoms with Crippen molar-refractivity contribution >= 4 is 38.7 Å². The van der Waals surface area contributed by atoms with Gasteiger partial charge < -0.3 is 24.9 Å². The number of aromatic nitrogens is 1. The van der Waals surface area contributed by atoms with Crippen molar-refractivity contribution in [1.29, 1.82) is 0 Å². The quantitative estimate of drug-likeness (QED) is 0.558. The Bertz CT molecular complexity index is 716. The number of nitrogens with one attached hydrogen (secondary N) is 2. The third-order valence-corrected chi connectivity index (χ3v) is 4.12. The zero-order valence-electron chi connectivity index (χ0n) is 13.2. The van der Waals surface area contributed by atoms with E-state index in [4.69, 9.17) is 9.47 Å². The first kappa shape index (κ1) is 18.4. The van der Waals surface area contributed by atoms with Gasteiger partial charge in [-0.05, 0) is 17.7 Å². The predicted molar refractivity (Wildman–Crippen MR) is 92.0 cm³/mol. The summed E-state index contributed by atoms with van der Waals surface area (Å²) in [7, 11) is 1.53. The Morgan fingerprint density at radius 2 is 2.17 bits per heavy atom. The fourth-order valence-corrected chi connectivity index (χ4v) is 2.95. The van der Waals surface area contributed by atoms with Crippen LogP contribution in [-0.4, -0.2) is 54.9 Å². The van der Waals surface area contributed by atoms with Gasteiger partial charge in [0.1, 0.15) is 12.6 Å². The number of carbonyl (C=O) groups excluding carboxylic acids is 1. The van der Waals surface area contributed by atoms with Gasteiger partial charge in [-0.25, -0.2) is 4.79 Å². The van der Waals surface area contributed by atoms with Gasteiger partial charge in [0.15, 0.2) is 0 Å². The zero-order valence-corrected chi connectivity index (χ0v) is 14.8. The van der Waals surface area contributed by atoms with Crippen molar-refractivity contribution in [3.05, 3.63) is 34.4 Å². The van der Waals surface area contributed by atoms with Crippen LogP contribution in [0.5, 0.6) is 0 Å². The highest BCUT2D eigenvalue weighted by atomic mass is 79.9. The lowest BCUT2D eigenvalue weighted by atomic mass is 10.0. The van der Waals surface area contributed by atoms with E-state index in [9.17, 15) is 14.7 Å². The number of rotatable bonds is 9. The highest BCUT2D eigenvalue weighted by molar-refractivity contribution is 9.10. The Morgan fingerprint density at radius 3 is 2.88 bits per heavy atom. The smallest absolute Gasteiger partial charge is 0.326 e. The first-order chi connectivity index (χ1) is 11.5. The van der Waals surface area contributed by atoms with Crippen LogP contribution < -0.4 is 5.32 Å². The Labute approximate surface area is 147 Å². The van der Waals surface area contributed by atoms with Gasteiger partial charge in [0.25, 0.3) is 0 Å². The summed E-state index contributed by atoms with van der Waals surface area (Å²) < 4.78 is 10.8. The molecule has 2 rings (SSSR count). The second-order valence-electron chi connectivity index (χ2n) is 5.18. The normalized spacial score (nSPS) is 12.2. The van der Waals surface area contributed by atoms with Gasteiger partial charge in [0.05, 0.1) is 13.2 Å². The van der Waals surface area contributed by atoms with E-state index in [1.54, 1.807) is 6.20 Å². The number of fused-ring (bicyclic) bond motifs is 1. The van der Waals surface area contributed by atoms with Gasteiger partial charge in [0, 0.05) is 35.1 Å². The Hall–Kier alpha value is -1.90. The van der Waals surface area contributed by atoms with Crippen molar-refractivity contribution in [2.45, 2.75) is 12.5 Å². The number of aromatic amines is 1. The molecule has 0 fully saturated rings. The summed E-state index contributed by atoms with van der Waals surface area (Å²) in [5.41, 5.74) is 1.71. The van der Waals surface area contributed by atoms with Gasteiger partial charge in [-0.15, -0.1) is 0 Å². The van der Waals surface area contributed by atoms with Crippen LogP contribution in [0.15, 0.2) is 28.9 Å². The summed E-state index contributed by atoms with van der Waals surface area (Å²) in [4.78, 5) is 26.4. The van der Waals surface area contributed by atoms with Crippen LogP contribution >= 0.6 is 15.9 Å². The number of ether oxygens (including phenoxy) is 2. The molecule has 0 aliphatic heterocycles. The molecule has 1 amide bonds. The van der Waals surface area contributed by atoms with E-state index in [-0.39, 0.29) is 19.6 Å². The third kappa shape index (κ3) is 4.80. The number of aliphatic carboxylic acids is 1. The largest absolute Gasteiger partial charge is 0.480 e. The minimum Gasteiger partial charge on any atom is -0.480 e. The van der Waals surface area contributed by atoms with E-state index < -0.39 is 17.9 Å². The molecule has 0 saturated carbocycles. The topological polar surface area (TPSA) is 101 Å². The molecule has 3 N–H and O–H groups in total. The number of H-pyrrole nitrogens is 1. The van der Waals surface area contributed by atoms with Crippen molar-refractivity contribution in [2.24, 2.45) is 0 Å². The molecule has 0 saturated heterocycles. The maximum atomic E-state index is 11.8. The summed E-state index contributed by atoms with van der Waals surface area (Å²) in [6, 6.07) is 4.65. The fourth-order valence-electron chi connectivity index (χ4n) is 2.33. The van der Waals surface area contributed by atoms with Crippen LogP contribution in [0.3, 0.4) is 0 Å². The van der Waals surface area contributed by atoms with E-state index in [0.29, 0.717) is 6.61 Å². The molecule has 0 aliphatic carbocycles. The molecule has 1 atom stereocenters. The van der Waals surface area contributed by atoms with Crippen LogP contribution in [-0.2, 0) is 25.5 Å². The monoisotopic (exact) mass is 398 g/mol. The number of carbonyl (C=O) groups is 2. The average molecular weight is 399 g/mol. The van der Waals surface area contributed by atoms with Crippen molar-refractivity contribution in [3.8, 4) is 0 Å². The molecule has 0 bridgehead atoms. The second kappa shape index (κ2) is 8.81. The molecule has 1 heterocycles. The molecule has 2 aromatic rings. The lowest BCUT2D eigenvalue weighted by Gasteiger charge is -2.14. The summed E-state index contributed by atoms with van der Waals surface area (Å²) in [6.45, 7) is 0.445. The summed E-state index contributed by atoms with van der Waals surface area (Å²) >= 11 is 3.47. The Kier molecular flexibility index (Phi) is 6.77. The van der Waals surface area contributed by atoms with E-state index in [0.717, 1.165) is 20.9 Å². The van der Waals surface area contributed by atoms with Crippen molar-refractivity contribution in [1.82, 2.24) is 10.3 Å². The molecule has 1 aromatic heterocycles. The molecule has 1 unspecified atom stereocenters. The number of carboxylic acid groups (broad SMARTS) is 1. The number of benzene rings is 1. The van der Waals surface area contributed by atoms with Crippen LogP contribution in [0.1, 0.15) is 5.56 Å². The highest BCUT2D eigenvalue weighted by Crippen LogP contribution is 2.27. The molecule has 8 heteroatoms. The van der Waals surface area contributed by atoms with Gasteiger partial charge in [-0.2, -0.15) is 0 Å². The van der Waals surface area contributed by atoms with Gasteiger partial charge in [-0.1, -0.05) is 22.0 Å². The van der Waals surface area contributed by atoms with Crippen LogP contribution in [0.2, 0.25) is 0 Å². The van der Waals surface area contributed by atoms with Gasteiger partial charge in [0.2, 0.25) is 5.91 Å². The maximum Gasteiger partial charge on any atom is 0.326 e. The second-order valence-corrected chi connectivity index (χ2v) is 6.04. The van der Waals surface area contributed by atoms with Crippen molar-refractivity contribution in [2.75, 3.05) is 26.9 Å². The molecular formula is C16H19BrN2O5. The van der Waals surface area contributed by atoms with E-state index in [2.05, 4.69) is 26.2 Å². The Morgan fingerprint density at radius 1 is 1.38 bits per heavy atom. The number of hydrogen-bond acceptors (Lipinski definition) is 4. The maximum absolute atomic E-state index is 11.8. The number of carboxylic acids is 1. The van der Waals surface area contributed by atoms with Crippen molar-refractivity contribution < 1.29 is 24.2 Å².